The van der Waals surface area contributed by atoms with Gasteiger partial charge in [0.25, 0.3) is 5.56 Å². The summed E-state index contributed by atoms with van der Waals surface area (Å²) in [5.74, 6) is -0.925. The molecule has 4 heterocycles. The molecule has 4 rings (SSSR count). The number of hydrogen-bond acceptors (Lipinski definition) is 4. The summed E-state index contributed by atoms with van der Waals surface area (Å²) >= 11 is 0. The van der Waals surface area contributed by atoms with Crippen molar-refractivity contribution in [2.24, 2.45) is 20.0 Å². The van der Waals surface area contributed by atoms with E-state index in [0.717, 1.165) is 27.0 Å². The quantitative estimate of drug-likeness (QED) is 0.410. The maximum Gasteiger partial charge on any atom is 0.337 e. The predicted molar refractivity (Wildman–Crippen MR) is 139 cm³/mol. The van der Waals surface area contributed by atoms with Gasteiger partial charge in [-0.25, -0.2) is 9.59 Å². The number of fused-ring (bicyclic) bond motifs is 1. The van der Waals surface area contributed by atoms with Gasteiger partial charge in [-0.05, 0) is 43.9 Å². The number of carbonyl (C=O) groups is 1. The summed E-state index contributed by atoms with van der Waals surface area (Å²) in [5, 5.41) is 14.7. The molecule has 0 radical (unpaired) electrons. The molecule has 0 fully saturated rings. The molecule has 0 aliphatic heterocycles. The second-order valence-electron chi connectivity index (χ2n) is 9.96. The van der Waals surface area contributed by atoms with E-state index in [9.17, 15) is 19.5 Å². The number of aromatic amines is 1. The molecule has 4 aromatic rings. The number of aromatic carboxylic acids is 1. The summed E-state index contributed by atoms with van der Waals surface area (Å²) in [6, 6.07) is 1.53. The van der Waals surface area contributed by atoms with Crippen LogP contribution in [-0.2, 0) is 27.2 Å². The number of carboxylic acids is 1. The Morgan fingerprint density at radius 1 is 1.22 bits per heavy atom. The van der Waals surface area contributed by atoms with Gasteiger partial charge in [0.1, 0.15) is 11.1 Å². The van der Waals surface area contributed by atoms with Crippen LogP contribution in [0, 0.1) is 12.8 Å². The summed E-state index contributed by atoms with van der Waals surface area (Å²) < 4.78 is 6.00. The summed E-state index contributed by atoms with van der Waals surface area (Å²) in [6.45, 7) is 10.7. The average molecular weight is 493 g/mol. The number of nitrogens with zero attached hydrogens (tertiary/aromatic N) is 5. The first-order valence-electron chi connectivity index (χ1n) is 11.8. The fraction of sp³-hybridized carbons (Fsp3) is 0.385. The monoisotopic (exact) mass is 492 g/mol. The molecule has 0 aliphatic rings. The van der Waals surface area contributed by atoms with Crippen molar-refractivity contribution in [3.63, 3.8) is 0 Å². The van der Waals surface area contributed by atoms with Gasteiger partial charge in [-0.2, -0.15) is 5.10 Å². The molecule has 4 aromatic heterocycles. The van der Waals surface area contributed by atoms with Crippen molar-refractivity contribution in [3.8, 4) is 11.4 Å². The molecule has 36 heavy (non-hydrogen) atoms. The molecular weight excluding hydrogens is 460 g/mol. The largest absolute Gasteiger partial charge is 0.478 e. The normalized spacial score (nSPS) is 11.6. The Hall–Kier alpha value is -4.08. The minimum absolute atomic E-state index is 0.100. The minimum atomic E-state index is -1.07. The van der Waals surface area contributed by atoms with E-state index < -0.39 is 17.2 Å². The molecule has 0 amide bonds. The molecule has 2 N–H and O–H groups in total. The standard InChI is InChI=1S/C26H32N6O4/c1-14(2)8-19-16(5)27-10-18(19)13-32-22(20-9-17(25(34)35)12-29(20)6)21-23(28-32)31(11-15(3)4)26(36)30(7)24(21)33/h8-10,12,15,27H,11,13H2,1-7H3,(H,34,35). The lowest BCUT2D eigenvalue weighted by atomic mass is 10.1. The van der Waals surface area contributed by atoms with E-state index in [2.05, 4.69) is 11.1 Å². The van der Waals surface area contributed by atoms with Gasteiger partial charge in [0, 0.05) is 38.7 Å². The van der Waals surface area contributed by atoms with Crippen molar-refractivity contribution in [1.82, 2.24) is 28.5 Å². The van der Waals surface area contributed by atoms with Crippen molar-refractivity contribution < 1.29 is 9.90 Å². The van der Waals surface area contributed by atoms with Crippen LogP contribution in [0.15, 0.2) is 33.6 Å². The second-order valence-corrected chi connectivity index (χ2v) is 9.96. The van der Waals surface area contributed by atoms with Crippen LogP contribution in [0.3, 0.4) is 0 Å². The van der Waals surface area contributed by atoms with Gasteiger partial charge < -0.3 is 14.7 Å². The van der Waals surface area contributed by atoms with E-state index in [4.69, 9.17) is 5.10 Å². The van der Waals surface area contributed by atoms with Crippen LogP contribution >= 0.6 is 0 Å². The van der Waals surface area contributed by atoms with E-state index in [0.29, 0.717) is 30.1 Å². The second kappa shape index (κ2) is 9.18. The van der Waals surface area contributed by atoms with Crippen molar-refractivity contribution in [2.75, 3.05) is 0 Å². The van der Waals surface area contributed by atoms with Gasteiger partial charge in [0.15, 0.2) is 5.65 Å². The Morgan fingerprint density at radius 3 is 2.50 bits per heavy atom. The Balaban J connectivity index is 2.10. The van der Waals surface area contributed by atoms with Crippen molar-refractivity contribution in [2.45, 2.75) is 47.7 Å². The molecule has 0 bridgehead atoms. The molecule has 0 saturated heterocycles. The Kier molecular flexibility index (Phi) is 6.38. The molecule has 190 valence electrons. The first kappa shape index (κ1) is 25.0. The van der Waals surface area contributed by atoms with Crippen LogP contribution in [0.4, 0.5) is 0 Å². The number of aromatic nitrogens is 6. The summed E-state index contributed by atoms with van der Waals surface area (Å²) in [7, 11) is 3.19. The molecule has 0 aliphatic carbocycles. The highest BCUT2D eigenvalue weighted by Crippen LogP contribution is 2.30. The number of carboxylic acid groups (broad SMARTS) is 1. The number of nitrogens with one attached hydrogen (secondary N) is 1. The average Bonchev–Trinajstić information content (AvgIpc) is 3.46. The van der Waals surface area contributed by atoms with Crippen molar-refractivity contribution >= 4 is 23.1 Å². The number of hydrogen-bond donors (Lipinski definition) is 2. The van der Waals surface area contributed by atoms with Crippen LogP contribution in [0.5, 0.6) is 0 Å². The predicted octanol–water partition coefficient (Wildman–Crippen LogP) is 3.36. The van der Waals surface area contributed by atoms with E-state index >= 15 is 0 Å². The molecule has 10 heteroatoms. The molecule has 0 aromatic carbocycles. The van der Waals surface area contributed by atoms with Crippen LogP contribution < -0.4 is 11.2 Å². The zero-order valence-electron chi connectivity index (χ0n) is 21.7. The summed E-state index contributed by atoms with van der Waals surface area (Å²) in [6.07, 6.45) is 5.50. The molecule has 0 unspecified atom stereocenters. The van der Waals surface area contributed by atoms with Crippen molar-refractivity contribution in [3.05, 3.63) is 67.3 Å². The topological polar surface area (TPSA) is 120 Å². The van der Waals surface area contributed by atoms with Gasteiger partial charge in [0.2, 0.25) is 0 Å². The van der Waals surface area contributed by atoms with E-state index in [1.165, 1.54) is 23.9 Å². The van der Waals surface area contributed by atoms with Crippen LogP contribution in [-0.4, -0.2) is 39.5 Å². The molecule has 0 spiro atoms. The fourth-order valence-electron chi connectivity index (χ4n) is 4.56. The summed E-state index contributed by atoms with van der Waals surface area (Å²) in [4.78, 5) is 41.5. The third-order valence-electron chi connectivity index (χ3n) is 6.23. The lowest BCUT2D eigenvalue weighted by Gasteiger charge is -2.11. The zero-order chi connectivity index (χ0) is 26.5. The Labute approximate surface area is 208 Å². The van der Waals surface area contributed by atoms with E-state index in [1.807, 2.05) is 40.8 Å². The highest BCUT2D eigenvalue weighted by atomic mass is 16.4. The summed E-state index contributed by atoms with van der Waals surface area (Å²) in [5.41, 5.74) is 4.63. The van der Waals surface area contributed by atoms with Gasteiger partial charge in [0.05, 0.1) is 17.8 Å². The van der Waals surface area contributed by atoms with Crippen LogP contribution in [0.1, 0.15) is 54.9 Å². The van der Waals surface area contributed by atoms with Crippen LogP contribution in [0.25, 0.3) is 28.5 Å². The van der Waals surface area contributed by atoms with Crippen molar-refractivity contribution in [1.29, 1.82) is 0 Å². The first-order valence-corrected chi connectivity index (χ1v) is 11.8. The number of allylic oxidation sites excluding steroid dienone is 1. The number of aryl methyl sites for hydroxylation is 2. The Morgan fingerprint density at radius 2 is 1.92 bits per heavy atom. The lowest BCUT2D eigenvalue weighted by molar-refractivity contribution is 0.0697. The van der Waals surface area contributed by atoms with Gasteiger partial charge >= 0.3 is 11.7 Å². The maximum absolute atomic E-state index is 13.5. The number of H-pyrrole nitrogens is 1. The third kappa shape index (κ3) is 4.23. The van der Waals surface area contributed by atoms with Gasteiger partial charge in [-0.15, -0.1) is 0 Å². The SMILES string of the molecule is CC(C)=Cc1c(Cn2nc3c(c2-c2cc(C(=O)O)cn2C)c(=O)n(C)c(=O)n3CC(C)C)c[nH]c1C. The fourth-order valence-corrected chi connectivity index (χ4v) is 4.56. The van der Waals surface area contributed by atoms with E-state index in [1.54, 1.807) is 16.3 Å². The minimum Gasteiger partial charge on any atom is -0.478 e. The highest BCUT2D eigenvalue weighted by Gasteiger charge is 2.25. The molecule has 0 saturated carbocycles. The maximum atomic E-state index is 13.5. The molecule has 0 atom stereocenters. The smallest absolute Gasteiger partial charge is 0.337 e. The molecule has 10 nitrogen and oxygen atoms in total. The van der Waals surface area contributed by atoms with Crippen LogP contribution in [0.2, 0.25) is 0 Å². The third-order valence-corrected chi connectivity index (χ3v) is 6.23. The van der Waals surface area contributed by atoms with E-state index in [-0.39, 0.29) is 16.9 Å². The first-order chi connectivity index (χ1) is 16.9. The Bertz CT molecular complexity index is 1630. The highest BCUT2D eigenvalue weighted by molar-refractivity contribution is 5.94. The van der Waals surface area contributed by atoms with Gasteiger partial charge in [-0.1, -0.05) is 25.5 Å². The van der Waals surface area contributed by atoms with Gasteiger partial charge in [-0.3, -0.25) is 18.6 Å². The number of rotatable bonds is 7. The zero-order valence-corrected chi connectivity index (χ0v) is 21.7. The lowest BCUT2D eigenvalue weighted by Crippen LogP contribution is -2.38. The molecular formula is C26H32N6O4.